The maximum Gasteiger partial charge on any atom is 0.121 e. The molecule has 0 amide bonds. The van der Waals surface area contributed by atoms with Crippen molar-refractivity contribution in [3.05, 3.63) is 77.5 Å². The van der Waals surface area contributed by atoms with Gasteiger partial charge >= 0.3 is 0 Å². The van der Waals surface area contributed by atoms with Crippen LogP contribution in [0.1, 0.15) is 18.4 Å². The zero-order valence-electron chi connectivity index (χ0n) is 10.6. The van der Waals surface area contributed by atoms with Gasteiger partial charge in [0.15, 0.2) is 0 Å². The number of benzene rings is 1. The third-order valence-corrected chi connectivity index (χ3v) is 3.57. The molecule has 19 heavy (non-hydrogen) atoms. The molecule has 1 atom stereocenters. The van der Waals surface area contributed by atoms with Crippen LogP contribution in [0.5, 0.6) is 0 Å². The van der Waals surface area contributed by atoms with Crippen molar-refractivity contribution in [3.63, 3.8) is 0 Å². The summed E-state index contributed by atoms with van der Waals surface area (Å²) in [6.45, 7) is 0. The molecule has 1 aromatic rings. The predicted octanol–water partition coefficient (Wildman–Crippen LogP) is 4.40. The molecule has 1 nitrogen and oxygen atoms in total. The number of alkyl halides is 1. The van der Waals surface area contributed by atoms with Gasteiger partial charge in [-0.2, -0.15) is 0 Å². The first-order valence-corrected chi connectivity index (χ1v) is 7.03. The number of dihydropyridines is 1. The average Bonchev–Trinajstić information content (AvgIpc) is 2.48. The van der Waals surface area contributed by atoms with Crippen molar-refractivity contribution in [3.8, 4) is 0 Å². The van der Waals surface area contributed by atoms with E-state index in [1.807, 2.05) is 12.1 Å². The van der Waals surface area contributed by atoms with Crippen molar-refractivity contribution < 1.29 is 0 Å². The summed E-state index contributed by atoms with van der Waals surface area (Å²) in [5.41, 5.74) is 4.56. The van der Waals surface area contributed by atoms with Gasteiger partial charge in [0.2, 0.25) is 0 Å². The van der Waals surface area contributed by atoms with Crippen molar-refractivity contribution in [2.75, 3.05) is 0 Å². The lowest BCUT2D eigenvalue weighted by atomic mass is 9.97. The molecule has 2 aliphatic rings. The van der Waals surface area contributed by atoms with Crippen LogP contribution >= 0.6 is 11.6 Å². The van der Waals surface area contributed by atoms with Gasteiger partial charge in [-0.05, 0) is 41.7 Å². The Bertz CT molecular complexity index is 579. The standard InChI is InChI=1S/C17H16ClN/c18-17-12-15(13-7-3-1-4-8-13)11-16(19-17)14-9-5-2-6-10-14/h1,3-5,7-12,17,19H,2,6H2. The second-order valence-electron chi connectivity index (χ2n) is 4.73. The van der Waals surface area contributed by atoms with E-state index in [0.717, 1.165) is 18.5 Å². The molecule has 1 unspecified atom stereocenters. The molecule has 0 bridgehead atoms. The lowest BCUT2D eigenvalue weighted by molar-refractivity contribution is 0.845. The highest BCUT2D eigenvalue weighted by atomic mass is 35.5. The van der Waals surface area contributed by atoms with E-state index in [1.165, 1.54) is 16.7 Å². The molecule has 1 aliphatic heterocycles. The Morgan fingerprint density at radius 1 is 1.05 bits per heavy atom. The number of hydrogen-bond donors (Lipinski definition) is 1. The zero-order valence-corrected chi connectivity index (χ0v) is 11.4. The SMILES string of the molecule is ClC1C=C(c2ccccc2)C=C(C2=CCCC=C2)N1. The van der Waals surface area contributed by atoms with Crippen LogP contribution in [0.4, 0.5) is 0 Å². The van der Waals surface area contributed by atoms with E-state index in [-0.39, 0.29) is 5.50 Å². The van der Waals surface area contributed by atoms with Crippen LogP contribution in [0, 0.1) is 0 Å². The van der Waals surface area contributed by atoms with Crippen LogP contribution in [0.25, 0.3) is 5.57 Å². The second kappa shape index (κ2) is 5.50. The monoisotopic (exact) mass is 269 g/mol. The largest absolute Gasteiger partial charge is 0.366 e. The van der Waals surface area contributed by atoms with Gasteiger partial charge in [0.25, 0.3) is 0 Å². The number of allylic oxidation sites excluding steroid dienone is 5. The van der Waals surface area contributed by atoms with E-state index in [9.17, 15) is 0 Å². The number of nitrogens with one attached hydrogen (secondary N) is 1. The third kappa shape index (κ3) is 2.82. The molecule has 0 spiro atoms. The molecule has 1 N–H and O–H groups in total. The Balaban J connectivity index is 1.95. The summed E-state index contributed by atoms with van der Waals surface area (Å²) in [6.07, 6.45) is 13.1. The summed E-state index contributed by atoms with van der Waals surface area (Å²) in [5, 5.41) is 3.32. The van der Waals surface area contributed by atoms with E-state index in [1.54, 1.807) is 0 Å². The molecule has 1 aromatic carbocycles. The summed E-state index contributed by atoms with van der Waals surface area (Å²) < 4.78 is 0. The molecular formula is C17H16ClN. The van der Waals surface area contributed by atoms with E-state index in [2.05, 4.69) is 53.9 Å². The lowest BCUT2D eigenvalue weighted by Gasteiger charge is -2.22. The van der Waals surface area contributed by atoms with Crippen molar-refractivity contribution in [2.45, 2.75) is 18.3 Å². The highest BCUT2D eigenvalue weighted by molar-refractivity contribution is 6.22. The molecule has 2 heteroatoms. The zero-order chi connectivity index (χ0) is 13.1. The Morgan fingerprint density at radius 3 is 2.63 bits per heavy atom. The molecule has 3 rings (SSSR count). The molecule has 1 aliphatic carbocycles. The Labute approximate surface area is 119 Å². The van der Waals surface area contributed by atoms with Crippen molar-refractivity contribution in [1.82, 2.24) is 5.32 Å². The van der Waals surface area contributed by atoms with Gasteiger partial charge in [-0.25, -0.2) is 0 Å². The van der Waals surface area contributed by atoms with Crippen LogP contribution in [-0.4, -0.2) is 5.50 Å². The summed E-state index contributed by atoms with van der Waals surface area (Å²) in [6, 6.07) is 10.4. The van der Waals surface area contributed by atoms with Crippen LogP contribution < -0.4 is 5.32 Å². The van der Waals surface area contributed by atoms with Gasteiger partial charge in [0.05, 0.1) is 0 Å². The van der Waals surface area contributed by atoms with Crippen LogP contribution in [0.15, 0.2) is 72.0 Å². The van der Waals surface area contributed by atoms with E-state index in [0.29, 0.717) is 0 Å². The third-order valence-electron chi connectivity index (χ3n) is 3.33. The fraction of sp³-hybridized carbons (Fsp3) is 0.176. The first-order chi connectivity index (χ1) is 9.33. The second-order valence-corrected chi connectivity index (χ2v) is 5.20. The number of hydrogen-bond acceptors (Lipinski definition) is 1. The topological polar surface area (TPSA) is 12.0 Å². The number of rotatable bonds is 2. The fourth-order valence-electron chi connectivity index (χ4n) is 2.38. The van der Waals surface area contributed by atoms with Crippen molar-refractivity contribution in [2.24, 2.45) is 0 Å². The first-order valence-electron chi connectivity index (χ1n) is 6.59. The molecule has 0 saturated heterocycles. The predicted molar refractivity (Wildman–Crippen MR) is 81.7 cm³/mol. The molecule has 0 radical (unpaired) electrons. The quantitative estimate of drug-likeness (QED) is 0.620. The molecule has 0 fully saturated rings. The Kier molecular flexibility index (Phi) is 3.56. The van der Waals surface area contributed by atoms with Gasteiger partial charge in [-0.15, -0.1) is 0 Å². The molecular weight excluding hydrogens is 254 g/mol. The summed E-state index contributed by atoms with van der Waals surface area (Å²) in [5.74, 6) is 0. The van der Waals surface area contributed by atoms with E-state index in [4.69, 9.17) is 11.6 Å². The van der Waals surface area contributed by atoms with Gasteiger partial charge in [-0.3, -0.25) is 0 Å². The van der Waals surface area contributed by atoms with E-state index >= 15 is 0 Å². The first kappa shape index (κ1) is 12.3. The van der Waals surface area contributed by atoms with Crippen LogP contribution in [-0.2, 0) is 0 Å². The van der Waals surface area contributed by atoms with Crippen molar-refractivity contribution >= 4 is 17.2 Å². The summed E-state index contributed by atoms with van der Waals surface area (Å²) in [7, 11) is 0. The minimum atomic E-state index is -0.161. The highest BCUT2D eigenvalue weighted by Gasteiger charge is 2.15. The Hall–Kier alpha value is -1.73. The average molecular weight is 270 g/mol. The summed E-state index contributed by atoms with van der Waals surface area (Å²) >= 11 is 6.30. The molecule has 96 valence electrons. The highest BCUT2D eigenvalue weighted by Crippen LogP contribution is 2.27. The molecule has 0 saturated carbocycles. The van der Waals surface area contributed by atoms with Gasteiger partial charge in [0, 0.05) is 5.70 Å². The maximum atomic E-state index is 6.30. The molecule has 1 heterocycles. The van der Waals surface area contributed by atoms with Gasteiger partial charge < -0.3 is 5.32 Å². The minimum absolute atomic E-state index is 0.161. The number of halogens is 1. The Morgan fingerprint density at radius 2 is 1.89 bits per heavy atom. The smallest absolute Gasteiger partial charge is 0.121 e. The normalized spacial score (nSPS) is 22.2. The minimum Gasteiger partial charge on any atom is -0.366 e. The van der Waals surface area contributed by atoms with Crippen LogP contribution in [0.2, 0.25) is 0 Å². The van der Waals surface area contributed by atoms with E-state index < -0.39 is 0 Å². The lowest BCUT2D eigenvalue weighted by Crippen LogP contribution is -2.25. The summed E-state index contributed by atoms with van der Waals surface area (Å²) in [4.78, 5) is 0. The maximum absolute atomic E-state index is 6.30. The van der Waals surface area contributed by atoms with Gasteiger partial charge in [0.1, 0.15) is 5.50 Å². The van der Waals surface area contributed by atoms with Crippen LogP contribution in [0.3, 0.4) is 0 Å². The fourth-order valence-corrected chi connectivity index (χ4v) is 2.64. The van der Waals surface area contributed by atoms with Crippen molar-refractivity contribution in [1.29, 1.82) is 0 Å². The van der Waals surface area contributed by atoms with Gasteiger partial charge in [-0.1, -0.05) is 60.2 Å². The molecule has 0 aromatic heterocycles.